The van der Waals surface area contributed by atoms with Gasteiger partial charge in [0.2, 0.25) is 0 Å². The lowest BCUT2D eigenvalue weighted by Crippen LogP contribution is -2.65. The van der Waals surface area contributed by atoms with Gasteiger partial charge in [0.1, 0.15) is 8.07 Å². The zero-order valence-electron chi connectivity index (χ0n) is 25.3. The molecule has 6 aromatic rings. The molecule has 0 amide bonds. The summed E-state index contributed by atoms with van der Waals surface area (Å²) in [6, 6.07) is 67.3. The van der Waals surface area contributed by atoms with Crippen LogP contribution in [0.25, 0.3) is 0 Å². The van der Waals surface area contributed by atoms with Crippen LogP contribution < -0.4 is 20.7 Å². The van der Waals surface area contributed by atoms with Crippen LogP contribution in [0.2, 0.25) is 6.55 Å². The van der Waals surface area contributed by atoms with Gasteiger partial charge < -0.3 is 0 Å². The highest BCUT2D eigenvalue weighted by Crippen LogP contribution is 2.23. The van der Waals surface area contributed by atoms with Crippen molar-refractivity contribution in [2.45, 2.75) is 31.6 Å². The summed E-state index contributed by atoms with van der Waals surface area (Å²) in [4.78, 5) is 0. The average Bonchev–Trinajstić information content (AvgIpc) is 3.06. The van der Waals surface area contributed by atoms with Crippen LogP contribution in [0.4, 0.5) is 0 Å². The molecule has 0 aliphatic carbocycles. The highest BCUT2D eigenvalue weighted by molar-refractivity contribution is 7.10. The summed E-state index contributed by atoms with van der Waals surface area (Å²) in [5.74, 6) is 0. The van der Waals surface area contributed by atoms with E-state index in [1.807, 2.05) is 0 Å². The quantitative estimate of drug-likeness (QED) is 0.118. The van der Waals surface area contributed by atoms with Crippen molar-refractivity contribution >= 4 is 36.9 Å². The molecule has 0 saturated carbocycles. The van der Waals surface area contributed by atoms with Crippen molar-refractivity contribution in [3.8, 4) is 0 Å². The van der Waals surface area contributed by atoms with E-state index < -0.39 is 16.1 Å². The molecule has 1 atom stereocenters. The van der Waals surface area contributed by atoms with E-state index in [1.54, 1.807) is 5.19 Å². The van der Waals surface area contributed by atoms with Crippen LogP contribution in [0.3, 0.4) is 0 Å². The van der Waals surface area contributed by atoms with Gasteiger partial charge in [-0.05, 0) is 40.6 Å². The summed E-state index contributed by atoms with van der Waals surface area (Å²) in [5, 5.41) is 5.92. The minimum atomic E-state index is -2.19. The van der Waals surface area contributed by atoms with Crippen molar-refractivity contribution in [1.29, 1.82) is 0 Å². The van der Waals surface area contributed by atoms with Crippen LogP contribution in [0, 0.1) is 6.92 Å². The lowest BCUT2D eigenvalue weighted by molar-refractivity contribution is 1.15. The van der Waals surface area contributed by atoms with Gasteiger partial charge in [-0.2, -0.15) is 0 Å². The van der Waals surface area contributed by atoms with E-state index in [9.17, 15) is 0 Å². The van der Waals surface area contributed by atoms with Crippen molar-refractivity contribution in [2.24, 2.45) is 0 Å². The first-order valence-corrected chi connectivity index (χ1v) is 20.5. The van der Waals surface area contributed by atoms with Gasteiger partial charge in [-0.3, -0.25) is 0 Å². The van der Waals surface area contributed by atoms with Gasteiger partial charge in [-0.1, -0.05) is 204 Å². The first kappa shape index (κ1) is 28.9. The molecule has 0 N–H and O–H groups in total. The molecule has 6 rings (SSSR count). The number of benzene rings is 6. The third-order valence-electron chi connectivity index (χ3n) is 9.21. The Hall–Kier alpha value is -4.25. The predicted octanol–water partition coefficient (Wildman–Crippen LogP) is 7.10. The summed E-state index contributed by atoms with van der Waals surface area (Å²) in [5.41, 5.74) is 5.62. The summed E-state index contributed by atoms with van der Waals surface area (Å²) in [7, 11) is -4.32. The van der Waals surface area contributed by atoms with Gasteiger partial charge in [-0.15, -0.1) is 0 Å². The van der Waals surface area contributed by atoms with E-state index in [0.717, 1.165) is 18.1 Å². The van der Waals surface area contributed by atoms with E-state index in [-0.39, 0.29) is 0 Å². The van der Waals surface area contributed by atoms with E-state index in [1.165, 1.54) is 37.8 Å². The SMILES string of the molecule is Cc1ccc([Si](C)(c2ccccc2)c2ccc([Si](Cc3ccccc3)(Cc3ccccc3)Cc3ccccc3)cc2)cc1. The minimum Gasteiger partial charge on any atom is -0.0630 e. The lowest BCUT2D eigenvalue weighted by Gasteiger charge is -2.35. The molecule has 0 aliphatic rings. The Balaban J connectivity index is 1.49. The molecule has 0 radical (unpaired) electrons. The van der Waals surface area contributed by atoms with Crippen molar-refractivity contribution in [3.05, 3.63) is 192 Å². The number of hydrogen-bond acceptors (Lipinski definition) is 0. The normalized spacial score (nSPS) is 12.9. The van der Waals surface area contributed by atoms with E-state index in [4.69, 9.17) is 0 Å². The van der Waals surface area contributed by atoms with Crippen molar-refractivity contribution in [3.63, 3.8) is 0 Å². The summed E-state index contributed by atoms with van der Waals surface area (Å²) in [6.07, 6.45) is 0. The van der Waals surface area contributed by atoms with Gasteiger partial charge in [0.25, 0.3) is 0 Å². The average molecular weight is 589 g/mol. The summed E-state index contributed by atoms with van der Waals surface area (Å²) in [6.45, 7) is 4.70. The van der Waals surface area contributed by atoms with E-state index >= 15 is 0 Å². The molecule has 1 unspecified atom stereocenters. The smallest absolute Gasteiger partial charge is 0.0630 e. The number of aryl methyl sites for hydroxylation is 1. The second-order valence-corrected chi connectivity index (χ2v) is 20.4. The Labute approximate surface area is 259 Å². The summed E-state index contributed by atoms with van der Waals surface area (Å²) >= 11 is 0. The largest absolute Gasteiger partial charge is 0.145 e. The summed E-state index contributed by atoms with van der Waals surface area (Å²) < 4.78 is 0. The van der Waals surface area contributed by atoms with Gasteiger partial charge in [0.05, 0.1) is 8.07 Å². The molecule has 2 heteroatoms. The molecule has 0 fully saturated rings. The first-order chi connectivity index (χ1) is 21.0. The Bertz CT molecular complexity index is 1610. The molecular formula is C41H40Si2. The molecule has 0 aromatic heterocycles. The molecular weight excluding hydrogens is 549 g/mol. The molecule has 0 saturated heterocycles. The fourth-order valence-electron chi connectivity index (χ4n) is 6.77. The molecule has 0 heterocycles. The maximum Gasteiger partial charge on any atom is 0.145 e. The zero-order chi connectivity index (χ0) is 29.5. The maximum atomic E-state index is 2.52. The van der Waals surface area contributed by atoms with Gasteiger partial charge in [0, 0.05) is 0 Å². The van der Waals surface area contributed by atoms with Crippen LogP contribution in [-0.4, -0.2) is 16.1 Å². The fraction of sp³-hybridized carbons (Fsp3) is 0.122. The third kappa shape index (κ3) is 6.41. The molecule has 0 bridgehead atoms. The van der Waals surface area contributed by atoms with Crippen LogP contribution in [0.1, 0.15) is 22.3 Å². The highest BCUT2D eigenvalue weighted by Gasteiger charge is 2.38. The Morgan fingerprint density at radius 1 is 0.349 bits per heavy atom. The molecule has 6 aromatic carbocycles. The molecule has 212 valence electrons. The standard InChI is InChI=1S/C41H40Si2/c1-34-23-25-39(26-24-34)42(2,38-21-13-6-14-22-38)40-27-29-41(30-28-40)43(31-35-15-7-3-8-16-35,32-36-17-9-4-10-18-36)33-37-19-11-5-12-20-37/h3-30H,31-33H2,1-2H3. The highest BCUT2D eigenvalue weighted by atomic mass is 28.3. The Kier molecular flexibility index (Phi) is 8.69. The molecule has 0 aliphatic heterocycles. The minimum absolute atomic E-state index is 1.11. The first-order valence-electron chi connectivity index (χ1n) is 15.4. The van der Waals surface area contributed by atoms with Crippen molar-refractivity contribution in [1.82, 2.24) is 0 Å². The van der Waals surface area contributed by atoms with Gasteiger partial charge >= 0.3 is 0 Å². The van der Waals surface area contributed by atoms with Gasteiger partial charge in [-0.25, -0.2) is 0 Å². The molecule has 43 heavy (non-hydrogen) atoms. The zero-order valence-corrected chi connectivity index (χ0v) is 27.3. The molecule has 0 spiro atoms. The van der Waals surface area contributed by atoms with Crippen molar-refractivity contribution in [2.75, 3.05) is 0 Å². The molecule has 0 nitrogen and oxygen atoms in total. The van der Waals surface area contributed by atoms with E-state index in [2.05, 4.69) is 183 Å². The van der Waals surface area contributed by atoms with Gasteiger partial charge in [0.15, 0.2) is 0 Å². The number of rotatable bonds is 10. The van der Waals surface area contributed by atoms with Crippen LogP contribution >= 0.6 is 0 Å². The second kappa shape index (κ2) is 13.0. The van der Waals surface area contributed by atoms with Crippen LogP contribution in [-0.2, 0) is 18.1 Å². The van der Waals surface area contributed by atoms with Crippen molar-refractivity contribution < 1.29 is 0 Å². The maximum absolute atomic E-state index is 2.52. The Morgan fingerprint density at radius 3 is 1.05 bits per heavy atom. The monoisotopic (exact) mass is 588 g/mol. The van der Waals surface area contributed by atoms with Crippen LogP contribution in [0.5, 0.6) is 0 Å². The second-order valence-electron chi connectivity index (χ2n) is 12.2. The number of hydrogen-bond donors (Lipinski definition) is 0. The topological polar surface area (TPSA) is 0 Å². The fourth-order valence-corrected chi connectivity index (χ4v) is 15.2. The third-order valence-corrected chi connectivity index (χ3v) is 18.5. The van der Waals surface area contributed by atoms with E-state index in [0.29, 0.717) is 0 Å². The predicted molar refractivity (Wildman–Crippen MR) is 190 cm³/mol. The Morgan fingerprint density at radius 2 is 0.651 bits per heavy atom. The van der Waals surface area contributed by atoms with Crippen LogP contribution in [0.15, 0.2) is 170 Å². The lowest BCUT2D eigenvalue weighted by atomic mass is 10.2.